The van der Waals surface area contributed by atoms with Crippen LogP contribution in [0.4, 0.5) is 5.82 Å². The van der Waals surface area contributed by atoms with E-state index in [2.05, 4.69) is 12.2 Å². The van der Waals surface area contributed by atoms with Gasteiger partial charge in [0, 0.05) is 34.2 Å². The van der Waals surface area contributed by atoms with Crippen molar-refractivity contribution in [1.82, 2.24) is 9.97 Å². The molecule has 1 aromatic carbocycles. The Labute approximate surface area is 134 Å². The van der Waals surface area contributed by atoms with E-state index < -0.39 is 0 Å². The monoisotopic (exact) mass is 319 g/mol. The van der Waals surface area contributed by atoms with Crippen LogP contribution in [0.3, 0.4) is 0 Å². The number of nitrogens with one attached hydrogen (secondary N) is 1. The van der Waals surface area contributed by atoms with Gasteiger partial charge in [-0.15, -0.1) is 0 Å². The number of hydrogen-bond donors (Lipinski definition) is 1. The highest BCUT2D eigenvalue weighted by molar-refractivity contribution is 7.98. The lowest BCUT2D eigenvalue weighted by Gasteiger charge is -2.11. The van der Waals surface area contributed by atoms with E-state index in [1.807, 2.05) is 36.9 Å². The maximum absolute atomic E-state index is 6.23. The third-order valence-electron chi connectivity index (χ3n) is 3.55. The van der Waals surface area contributed by atoms with Crippen LogP contribution >= 0.6 is 23.4 Å². The zero-order chi connectivity index (χ0) is 14.8. The minimum atomic E-state index is 0.758. The summed E-state index contributed by atoms with van der Waals surface area (Å²) in [5, 5.41) is 4.19. The topological polar surface area (TPSA) is 37.8 Å². The lowest BCUT2D eigenvalue weighted by Crippen LogP contribution is -2.08. The molecule has 0 saturated heterocycles. The number of benzene rings is 1. The Hall–Kier alpha value is -1.26. The highest BCUT2D eigenvalue weighted by atomic mass is 35.5. The number of anilines is 1. The highest BCUT2D eigenvalue weighted by Gasteiger charge is 2.20. The zero-order valence-corrected chi connectivity index (χ0v) is 13.8. The van der Waals surface area contributed by atoms with Crippen LogP contribution in [0.1, 0.15) is 30.2 Å². The van der Waals surface area contributed by atoms with Gasteiger partial charge in [-0.2, -0.15) is 11.8 Å². The second-order valence-corrected chi connectivity index (χ2v) is 6.60. The van der Waals surface area contributed by atoms with Crippen molar-refractivity contribution in [2.24, 2.45) is 0 Å². The van der Waals surface area contributed by atoms with Gasteiger partial charge in [0.1, 0.15) is 5.82 Å². The number of aryl methyl sites for hydroxylation is 1. The smallest absolute Gasteiger partial charge is 0.161 e. The maximum Gasteiger partial charge on any atom is 0.161 e. The number of nitrogens with zero attached hydrogens (tertiary/aromatic N) is 2. The fraction of sp³-hybridized carbons (Fsp3) is 0.375. The highest BCUT2D eigenvalue weighted by Crippen LogP contribution is 2.35. The third kappa shape index (κ3) is 3.01. The molecule has 21 heavy (non-hydrogen) atoms. The van der Waals surface area contributed by atoms with Crippen LogP contribution in [0.2, 0.25) is 5.02 Å². The number of rotatable bonds is 4. The van der Waals surface area contributed by atoms with E-state index >= 15 is 0 Å². The number of halogens is 1. The molecule has 0 spiro atoms. The van der Waals surface area contributed by atoms with Crippen LogP contribution in [0.5, 0.6) is 0 Å². The molecule has 0 amide bonds. The van der Waals surface area contributed by atoms with E-state index in [1.54, 1.807) is 0 Å². The molecule has 1 aromatic heterocycles. The minimum Gasteiger partial charge on any atom is -0.370 e. The van der Waals surface area contributed by atoms with Gasteiger partial charge >= 0.3 is 0 Å². The average Bonchev–Trinajstić information content (AvgIpc) is 2.96. The van der Waals surface area contributed by atoms with Gasteiger partial charge in [-0.05, 0) is 25.0 Å². The Bertz CT molecular complexity index is 673. The standard InChI is InChI=1S/C16H18ClN3S/c1-3-6-18-16-12-8-21-9-14(12)19-15(20-16)11-5-4-10(2)13(17)7-11/h4-5,7H,3,6,8-9H2,1-2H3,(H,18,19,20). The van der Waals surface area contributed by atoms with E-state index in [0.29, 0.717) is 0 Å². The summed E-state index contributed by atoms with van der Waals surface area (Å²) in [5.41, 5.74) is 4.46. The van der Waals surface area contributed by atoms with Crippen molar-refractivity contribution < 1.29 is 0 Å². The molecular formula is C16H18ClN3S. The van der Waals surface area contributed by atoms with Crippen LogP contribution in [-0.2, 0) is 11.5 Å². The molecule has 2 heterocycles. The first-order valence-electron chi connectivity index (χ1n) is 7.17. The van der Waals surface area contributed by atoms with Gasteiger partial charge in [0.05, 0.1) is 5.69 Å². The molecule has 1 aliphatic heterocycles. The minimum absolute atomic E-state index is 0.758. The van der Waals surface area contributed by atoms with Crippen molar-refractivity contribution in [3.05, 3.63) is 40.0 Å². The molecule has 0 radical (unpaired) electrons. The van der Waals surface area contributed by atoms with Gasteiger partial charge in [-0.3, -0.25) is 0 Å². The molecule has 110 valence electrons. The number of aromatic nitrogens is 2. The molecule has 0 atom stereocenters. The normalized spacial score (nSPS) is 13.3. The van der Waals surface area contributed by atoms with Crippen molar-refractivity contribution in [1.29, 1.82) is 0 Å². The van der Waals surface area contributed by atoms with Gasteiger partial charge in [0.15, 0.2) is 5.82 Å². The van der Waals surface area contributed by atoms with E-state index in [0.717, 1.165) is 58.0 Å². The number of hydrogen-bond acceptors (Lipinski definition) is 4. The molecular weight excluding hydrogens is 302 g/mol. The molecule has 1 aliphatic rings. The summed E-state index contributed by atoms with van der Waals surface area (Å²) in [6, 6.07) is 6.00. The summed E-state index contributed by atoms with van der Waals surface area (Å²) < 4.78 is 0. The van der Waals surface area contributed by atoms with E-state index in [-0.39, 0.29) is 0 Å². The van der Waals surface area contributed by atoms with Crippen LogP contribution in [0, 0.1) is 6.92 Å². The Balaban J connectivity index is 2.04. The molecule has 5 heteroatoms. The summed E-state index contributed by atoms with van der Waals surface area (Å²) in [6.45, 7) is 5.09. The van der Waals surface area contributed by atoms with E-state index in [4.69, 9.17) is 21.6 Å². The van der Waals surface area contributed by atoms with Gasteiger partial charge in [0.2, 0.25) is 0 Å². The summed E-state index contributed by atoms with van der Waals surface area (Å²) in [5.74, 6) is 3.71. The second kappa shape index (κ2) is 6.24. The molecule has 2 aromatic rings. The molecule has 0 saturated carbocycles. The molecule has 0 unspecified atom stereocenters. The van der Waals surface area contributed by atoms with Crippen molar-refractivity contribution in [2.45, 2.75) is 31.8 Å². The van der Waals surface area contributed by atoms with E-state index in [9.17, 15) is 0 Å². The van der Waals surface area contributed by atoms with Crippen molar-refractivity contribution in [2.75, 3.05) is 11.9 Å². The summed E-state index contributed by atoms with van der Waals surface area (Å²) in [4.78, 5) is 9.46. The Morgan fingerprint density at radius 1 is 1.29 bits per heavy atom. The predicted octanol–water partition coefficient (Wildman–Crippen LogP) is 4.67. The van der Waals surface area contributed by atoms with Gasteiger partial charge < -0.3 is 5.32 Å². The predicted molar refractivity (Wildman–Crippen MR) is 91.0 cm³/mol. The van der Waals surface area contributed by atoms with Crippen molar-refractivity contribution >= 4 is 29.2 Å². The van der Waals surface area contributed by atoms with Crippen LogP contribution in [0.25, 0.3) is 11.4 Å². The fourth-order valence-electron chi connectivity index (χ4n) is 2.30. The molecule has 0 fully saturated rings. The van der Waals surface area contributed by atoms with Crippen LogP contribution in [0.15, 0.2) is 18.2 Å². The van der Waals surface area contributed by atoms with Crippen LogP contribution < -0.4 is 5.32 Å². The maximum atomic E-state index is 6.23. The molecule has 0 bridgehead atoms. The van der Waals surface area contributed by atoms with Crippen LogP contribution in [-0.4, -0.2) is 16.5 Å². The number of thioether (sulfide) groups is 1. The lowest BCUT2D eigenvalue weighted by atomic mass is 10.1. The van der Waals surface area contributed by atoms with Crippen molar-refractivity contribution in [3.63, 3.8) is 0 Å². The first-order valence-corrected chi connectivity index (χ1v) is 8.70. The zero-order valence-electron chi connectivity index (χ0n) is 12.2. The molecule has 1 N–H and O–H groups in total. The van der Waals surface area contributed by atoms with Gasteiger partial charge in [-0.1, -0.05) is 30.7 Å². The largest absolute Gasteiger partial charge is 0.370 e. The summed E-state index contributed by atoms with van der Waals surface area (Å²) >= 11 is 8.12. The first-order chi connectivity index (χ1) is 10.2. The SMILES string of the molecule is CCCNc1nc(-c2ccc(C)c(Cl)c2)nc2c1CSC2. The van der Waals surface area contributed by atoms with Crippen molar-refractivity contribution in [3.8, 4) is 11.4 Å². The Morgan fingerprint density at radius 3 is 2.90 bits per heavy atom. The summed E-state index contributed by atoms with van der Waals surface area (Å²) in [6.07, 6.45) is 1.08. The van der Waals surface area contributed by atoms with Gasteiger partial charge in [-0.25, -0.2) is 9.97 Å². The Morgan fingerprint density at radius 2 is 2.14 bits per heavy atom. The second-order valence-electron chi connectivity index (χ2n) is 5.20. The molecule has 3 rings (SSSR count). The molecule has 3 nitrogen and oxygen atoms in total. The Kier molecular flexibility index (Phi) is 4.36. The first kappa shape index (κ1) is 14.7. The number of fused-ring (bicyclic) bond motifs is 1. The molecule has 0 aliphatic carbocycles. The van der Waals surface area contributed by atoms with Gasteiger partial charge in [0.25, 0.3) is 0 Å². The quantitative estimate of drug-likeness (QED) is 0.888. The average molecular weight is 320 g/mol. The van der Waals surface area contributed by atoms with E-state index in [1.165, 1.54) is 5.56 Å². The lowest BCUT2D eigenvalue weighted by molar-refractivity contribution is 0.955. The fourth-order valence-corrected chi connectivity index (χ4v) is 3.52. The third-order valence-corrected chi connectivity index (χ3v) is 4.93. The summed E-state index contributed by atoms with van der Waals surface area (Å²) in [7, 11) is 0.